The van der Waals surface area contributed by atoms with Crippen molar-refractivity contribution >= 4 is 23.3 Å². The van der Waals surface area contributed by atoms with Crippen molar-refractivity contribution in [3.63, 3.8) is 0 Å². The Morgan fingerprint density at radius 3 is 2.57 bits per heavy atom. The summed E-state index contributed by atoms with van der Waals surface area (Å²) in [6, 6.07) is 8.98. The number of hydrogen-bond acceptors (Lipinski definition) is 2. The molecule has 0 atom stereocenters. The number of hydrogen-bond donors (Lipinski definition) is 2. The molecule has 0 aliphatic carbocycles. The Morgan fingerprint density at radius 2 is 1.91 bits per heavy atom. The van der Waals surface area contributed by atoms with Crippen LogP contribution < -0.4 is 15.4 Å². The number of anilines is 1. The Morgan fingerprint density at radius 1 is 1.22 bits per heavy atom. The molecule has 0 unspecified atom stereocenters. The van der Waals surface area contributed by atoms with Crippen LogP contribution in [0, 0.1) is 19.7 Å². The fourth-order valence-corrected chi connectivity index (χ4v) is 2.17. The largest absolute Gasteiger partial charge is 0.492 e. The van der Waals surface area contributed by atoms with Crippen molar-refractivity contribution in [1.29, 1.82) is 0 Å². The van der Waals surface area contributed by atoms with Crippen LogP contribution in [0.4, 0.5) is 14.9 Å². The summed E-state index contributed by atoms with van der Waals surface area (Å²) in [5.74, 6) is 0.302. The highest BCUT2D eigenvalue weighted by molar-refractivity contribution is 6.32. The number of urea groups is 1. The number of carbonyl (C=O) groups excluding carboxylic acids is 1. The van der Waals surface area contributed by atoms with Crippen LogP contribution in [0.25, 0.3) is 0 Å². The van der Waals surface area contributed by atoms with Gasteiger partial charge >= 0.3 is 6.03 Å². The molecule has 0 spiro atoms. The normalized spacial score (nSPS) is 10.3. The van der Waals surface area contributed by atoms with E-state index in [0.717, 1.165) is 16.1 Å². The van der Waals surface area contributed by atoms with Crippen LogP contribution in [0.2, 0.25) is 5.02 Å². The minimum atomic E-state index is -0.414. The highest BCUT2D eigenvalue weighted by atomic mass is 35.5. The van der Waals surface area contributed by atoms with E-state index < -0.39 is 11.8 Å². The molecular formula is C17H18ClFN2O2. The molecule has 6 heteroatoms. The Balaban J connectivity index is 1.76. The predicted octanol–water partition coefficient (Wildman–Crippen LogP) is 4.30. The topological polar surface area (TPSA) is 50.4 Å². The number of nitrogens with one attached hydrogen (secondary N) is 2. The molecule has 0 radical (unpaired) electrons. The molecular weight excluding hydrogens is 319 g/mol. The second-order valence-electron chi connectivity index (χ2n) is 5.11. The first-order valence-corrected chi connectivity index (χ1v) is 7.53. The molecule has 0 aliphatic heterocycles. The summed E-state index contributed by atoms with van der Waals surface area (Å²) in [6.45, 7) is 4.46. The van der Waals surface area contributed by atoms with Gasteiger partial charge in [-0.25, -0.2) is 9.18 Å². The summed E-state index contributed by atoms with van der Waals surface area (Å²) >= 11 is 6.09. The van der Waals surface area contributed by atoms with E-state index in [2.05, 4.69) is 10.6 Å². The Hall–Kier alpha value is -2.27. The molecule has 2 amide bonds. The molecule has 0 aromatic heterocycles. The van der Waals surface area contributed by atoms with E-state index in [1.807, 2.05) is 26.0 Å². The van der Waals surface area contributed by atoms with Gasteiger partial charge in [0.15, 0.2) is 0 Å². The smallest absolute Gasteiger partial charge is 0.319 e. The van der Waals surface area contributed by atoms with E-state index in [-0.39, 0.29) is 0 Å². The summed E-state index contributed by atoms with van der Waals surface area (Å²) in [4.78, 5) is 11.7. The zero-order chi connectivity index (χ0) is 16.8. The quantitative estimate of drug-likeness (QED) is 0.800. The first-order valence-electron chi connectivity index (χ1n) is 7.15. The fourth-order valence-electron chi connectivity index (χ4n) is 2.06. The van der Waals surface area contributed by atoms with E-state index >= 15 is 0 Å². The third-order valence-electron chi connectivity index (χ3n) is 3.15. The van der Waals surface area contributed by atoms with Crippen molar-refractivity contribution in [2.45, 2.75) is 13.8 Å². The average Bonchev–Trinajstić information content (AvgIpc) is 2.49. The Kier molecular flexibility index (Phi) is 5.82. The summed E-state index contributed by atoms with van der Waals surface area (Å²) in [6.07, 6.45) is 0. The molecule has 2 aromatic rings. The summed E-state index contributed by atoms with van der Waals surface area (Å²) in [5, 5.41) is 5.91. The number of amides is 2. The highest BCUT2D eigenvalue weighted by Gasteiger charge is 2.05. The maximum absolute atomic E-state index is 13.0. The Labute approximate surface area is 139 Å². The number of benzene rings is 2. The van der Waals surface area contributed by atoms with Gasteiger partial charge in [-0.15, -0.1) is 0 Å². The lowest BCUT2D eigenvalue weighted by Crippen LogP contribution is -2.32. The van der Waals surface area contributed by atoms with Crippen molar-refractivity contribution in [2.24, 2.45) is 0 Å². The van der Waals surface area contributed by atoms with Gasteiger partial charge in [0.1, 0.15) is 18.2 Å². The molecule has 0 aliphatic rings. The first kappa shape index (κ1) is 17.1. The SMILES string of the molecule is Cc1cc(OCCNC(=O)Nc2cccc(F)c2)cc(C)c1Cl. The van der Waals surface area contributed by atoms with E-state index in [0.29, 0.717) is 24.6 Å². The summed E-state index contributed by atoms with van der Waals surface area (Å²) in [7, 11) is 0. The molecule has 0 heterocycles. The zero-order valence-electron chi connectivity index (χ0n) is 13.0. The summed E-state index contributed by atoms with van der Waals surface area (Å²) in [5.41, 5.74) is 2.28. The van der Waals surface area contributed by atoms with Gasteiger partial charge in [-0.05, 0) is 55.3 Å². The molecule has 2 N–H and O–H groups in total. The number of halogens is 2. The second kappa shape index (κ2) is 7.83. The average molecular weight is 337 g/mol. The molecule has 23 heavy (non-hydrogen) atoms. The van der Waals surface area contributed by atoms with Gasteiger partial charge < -0.3 is 15.4 Å². The van der Waals surface area contributed by atoms with E-state index in [1.165, 1.54) is 18.2 Å². The van der Waals surface area contributed by atoms with Gasteiger partial charge in [-0.1, -0.05) is 17.7 Å². The molecule has 2 rings (SSSR count). The predicted molar refractivity (Wildman–Crippen MR) is 89.8 cm³/mol. The number of rotatable bonds is 5. The van der Waals surface area contributed by atoms with Crippen molar-refractivity contribution in [3.05, 3.63) is 58.4 Å². The van der Waals surface area contributed by atoms with Crippen molar-refractivity contribution in [1.82, 2.24) is 5.32 Å². The van der Waals surface area contributed by atoms with Gasteiger partial charge in [0.05, 0.1) is 6.54 Å². The molecule has 4 nitrogen and oxygen atoms in total. The first-order chi connectivity index (χ1) is 11.0. The highest BCUT2D eigenvalue weighted by Crippen LogP contribution is 2.25. The molecule has 0 saturated carbocycles. The monoisotopic (exact) mass is 336 g/mol. The lowest BCUT2D eigenvalue weighted by molar-refractivity contribution is 0.247. The van der Waals surface area contributed by atoms with Crippen LogP contribution >= 0.6 is 11.6 Å². The van der Waals surface area contributed by atoms with Gasteiger partial charge in [0.25, 0.3) is 0 Å². The van der Waals surface area contributed by atoms with Crippen molar-refractivity contribution in [2.75, 3.05) is 18.5 Å². The van der Waals surface area contributed by atoms with Gasteiger partial charge in [0, 0.05) is 10.7 Å². The van der Waals surface area contributed by atoms with Gasteiger partial charge in [0.2, 0.25) is 0 Å². The lowest BCUT2D eigenvalue weighted by Gasteiger charge is -2.11. The van der Waals surface area contributed by atoms with Crippen LogP contribution in [0.15, 0.2) is 36.4 Å². The van der Waals surface area contributed by atoms with Gasteiger partial charge in [-0.3, -0.25) is 0 Å². The number of aryl methyl sites for hydroxylation is 2. The second-order valence-corrected chi connectivity index (χ2v) is 5.49. The number of ether oxygens (including phenoxy) is 1. The van der Waals surface area contributed by atoms with Crippen LogP contribution in [-0.2, 0) is 0 Å². The minimum Gasteiger partial charge on any atom is -0.492 e. The van der Waals surface area contributed by atoms with Crippen molar-refractivity contribution in [3.8, 4) is 5.75 Å². The van der Waals surface area contributed by atoms with Crippen LogP contribution in [0.3, 0.4) is 0 Å². The Bertz CT molecular complexity index is 684. The van der Waals surface area contributed by atoms with E-state index in [1.54, 1.807) is 6.07 Å². The van der Waals surface area contributed by atoms with E-state index in [4.69, 9.17) is 16.3 Å². The molecule has 2 aromatic carbocycles. The zero-order valence-corrected chi connectivity index (χ0v) is 13.7. The van der Waals surface area contributed by atoms with E-state index in [9.17, 15) is 9.18 Å². The third-order valence-corrected chi connectivity index (χ3v) is 3.74. The molecule has 0 saturated heterocycles. The van der Waals surface area contributed by atoms with Crippen LogP contribution in [0.5, 0.6) is 5.75 Å². The molecule has 0 bridgehead atoms. The standard InChI is InChI=1S/C17H18ClFN2O2/c1-11-8-15(9-12(2)16(11)18)23-7-6-20-17(22)21-14-5-3-4-13(19)10-14/h3-5,8-10H,6-7H2,1-2H3,(H2,20,21,22). The molecule has 0 fully saturated rings. The minimum absolute atomic E-state index is 0.317. The van der Waals surface area contributed by atoms with Crippen molar-refractivity contribution < 1.29 is 13.9 Å². The maximum Gasteiger partial charge on any atom is 0.319 e. The molecule has 122 valence electrons. The van der Waals surface area contributed by atoms with Crippen LogP contribution in [0.1, 0.15) is 11.1 Å². The van der Waals surface area contributed by atoms with Crippen LogP contribution in [-0.4, -0.2) is 19.2 Å². The summed E-state index contributed by atoms with van der Waals surface area (Å²) < 4.78 is 18.6. The fraction of sp³-hybridized carbons (Fsp3) is 0.235. The maximum atomic E-state index is 13.0. The lowest BCUT2D eigenvalue weighted by atomic mass is 10.1. The van der Waals surface area contributed by atoms with Gasteiger partial charge in [-0.2, -0.15) is 0 Å². The third kappa shape index (κ3) is 5.14. The number of carbonyl (C=O) groups is 1.